The number of carbonyl (C=O) groups is 2. The Hall–Kier alpha value is -3.01. The highest BCUT2D eigenvalue weighted by Crippen LogP contribution is 2.22. The van der Waals surface area contributed by atoms with Crippen molar-refractivity contribution in [1.29, 1.82) is 0 Å². The molecule has 2 amide bonds. The van der Waals surface area contributed by atoms with Crippen LogP contribution in [0.4, 0.5) is 0 Å². The lowest BCUT2D eigenvalue weighted by Crippen LogP contribution is -2.43. The van der Waals surface area contributed by atoms with Crippen LogP contribution in [0, 0.1) is 0 Å². The van der Waals surface area contributed by atoms with Crippen molar-refractivity contribution in [3.63, 3.8) is 0 Å². The molecule has 0 spiro atoms. The highest BCUT2D eigenvalue weighted by atomic mass is 32.2. The number of benzene rings is 1. The van der Waals surface area contributed by atoms with Gasteiger partial charge in [0.25, 0.3) is 5.91 Å². The van der Waals surface area contributed by atoms with Crippen LogP contribution in [0.2, 0.25) is 0 Å². The highest BCUT2D eigenvalue weighted by molar-refractivity contribution is 7.91. The topological polar surface area (TPSA) is 114 Å². The molecule has 0 radical (unpaired) electrons. The summed E-state index contributed by atoms with van der Waals surface area (Å²) in [6.07, 6.45) is 6.13. The Morgan fingerprint density at radius 2 is 2.07 bits per heavy atom. The Morgan fingerprint density at radius 3 is 2.80 bits per heavy atom. The van der Waals surface area contributed by atoms with Gasteiger partial charge in [-0.2, -0.15) is 5.10 Å². The van der Waals surface area contributed by atoms with Gasteiger partial charge >= 0.3 is 0 Å². The fraction of sp³-hybridized carbons (Fsp3) is 0.400. The molecule has 1 aromatic carbocycles. The van der Waals surface area contributed by atoms with Crippen molar-refractivity contribution in [3.05, 3.63) is 54.1 Å². The number of sulfone groups is 1. The molecule has 1 fully saturated rings. The van der Waals surface area contributed by atoms with Gasteiger partial charge in [0, 0.05) is 38.3 Å². The number of nitrogens with zero attached hydrogens (tertiary/aromatic N) is 4. The number of imidazole rings is 1. The van der Waals surface area contributed by atoms with E-state index in [0.717, 1.165) is 11.1 Å². The summed E-state index contributed by atoms with van der Waals surface area (Å²) in [4.78, 5) is 28.8. The van der Waals surface area contributed by atoms with E-state index in [4.69, 9.17) is 0 Å². The van der Waals surface area contributed by atoms with Gasteiger partial charge in [0.05, 0.1) is 23.9 Å². The maximum atomic E-state index is 12.6. The first-order chi connectivity index (χ1) is 14.4. The maximum absolute atomic E-state index is 12.6. The molecule has 0 aliphatic carbocycles. The zero-order valence-electron chi connectivity index (χ0n) is 16.4. The Kier molecular flexibility index (Phi) is 5.67. The Balaban J connectivity index is 1.39. The van der Waals surface area contributed by atoms with E-state index >= 15 is 0 Å². The summed E-state index contributed by atoms with van der Waals surface area (Å²) in [5.74, 6) is -0.622. The number of amides is 2. The van der Waals surface area contributed by atoms with E-state index in [1.807, 2.05) is 35.0 Å². The van der Waals surface area contributed by atoms with Gasteiger partial charge in [0.1, 0.15) is 5.71 Å². The molecular weight excluding hydrogens is 406 g/mol. The number of hydrogen-bond donors (Lipinski definition) is 1. The lowest BCUT2D eigenvalue weighted by Gasteiger charge is -2.27. The molecule has 158 valence electrons. The Bertz CT molecular complexity index is 1080. The highest BCUT2D eigenvalue weighted by Gasteiger charge is 2.37. The minimum Gasteiger partial charge on any atom is -0.347 e. The summed E-state index contributed by atoms with van der Waals surface area (Å²) in [5, 5.41) is 8.26. The van der Waals surface area contributed by atoms with E-state index in [1.54, 1.807) is 12.5 Å². The van der Waals surface area contributed by atoms with Gasteiger partial charge in [0.2, 0.25) is 5.91 Å². The van der Waals surface area contributed by atoms with Crippen LogP contribution in [0.5, 0.6) is 0 Å². The van der Waals surface area contributed by atoms with Gasteiger partial charge in [0.15, 0.2) is 9.84 Å². The minimum absolute atomic E-state index is 0.0495. The molecule has 1 aromatic heterocycles. The second kappa shape index (κ2) is 8.39. The fourth-order valence-corrected chi connectivity index (χ4v) is 5.39. The molecule has 3 heterocycles. The number of hydrogen-bond acceptors (Lipinski definition) is 6. The van der Waals surface area contributed by atoms with Crippen LogP contribution in [0.15, 0.2) is 48.1 Å². The van der Waals surface area contributed by atoms with Crippen LogP contribution in [-0.2, 0) is 32.5 Å². The van der Waals surface area contributed by atoms with Crippen molar-refractivity contribution in [1.82, 2.24) is 19.9 Å². The molecule has 1 atom stereocenters. The first kappa shape index (κ1) is 20.3. The number of rotatable bonds is 6. The second-order valence-electron chi connectivity index (χ2n) is 7.58. The molecule has 10 heteroatoms. The predicted octanol–water partition coefficient (Wildman–Crippen LogP) is 0.713. The lowest BCUT2D eigenvalue weighted by atomic mass is 10.1. The van der Waals surface area contributed by atoms with E-state index in [1.165, 1.54) is 5.01 Å². The fourth-order valence-electron chi connectivity index (χ4n) is 3.70. The van der Waals surface area contributed by atoms with Crippen molar-refractivity contribution in [2.75, 3.05) is 11.5 Å². The monoisotopic (exact) mass is 429 g/mol. The van der Waals surface area contributed by atoms with Crippen LogP contribution >= 0.6 is 0 Å². The number of hydrazone groups is 1. The van der Waals surface area contributed by atoms with Gasteiger partial charge in [-0.3, -0.25) is 9.59 Å². The summed E-state index contributed by atoms with van der Waals surface area (Å²) >= 11 is 0. The van der Waals surface area contributed by atoms with Crippen molar-refractivity contribution < 1.29 is 18.0 Å². The van der Waals surface area contributed by atoms with E-state index < -0.39 is 15.9 Å². The summed E-state index contributed by atoms with van der Waals surface area (Å²) in [6, 6.07) is 7.41. The third kappa shape index (κ3) is 4.76. The molecular formula is C20H23N5O4S. The van der Waals surface area contributed by atoms with E-state index in [-0.39, 0.29) is 41.9 Å². The molecule has 1 N–H and O–H groups in total. The van der Waals surface area contributed by atoms with Gasteiger partial charge in [-0.05, 0) is 17.5 Å². The molecule has 0 bridgehead atoms. The van der Waals surface area contributed by atoms with Crippen LogP contribution < -0.4 is 5.32 Å². The molecule has 2 aliphatic heterocycles. The summed E-state index contributed by atoms with van der Waals surface area (Å²) < 4.78 is 25.4. The van der Waals surface area contributed by atoms with E-state index in [9.17, 15) is 18.0 Å². The molecule has 2 aliphatic rings. The first-order valence-corrected chi connectivity index (χ1v) is 11.6. The average Bonchev–Trinajstić information content (AvgIpc) is 3.36. The Morgan fingerprint density at radius 1 is 1.23 bits per heavy atom. The molecule has 2 aromatic rings. The molecule has 30 heavy (non-hydrogen) atoms. The largest absolute Gasteiger partial charge is 0.347 e. The van der Waals surface area contributed by atoms with Crippen LogP contribution in [0.3, 0.4) is 0 Å². The third-order valence-electron chi connectivity index (χ3n) is 5.24. The quantitative estimate of drug-likeness (QED) is 0.727. The summed E-state index contributed by atoms with van der Waals surface area (Å²) in [7, 11) is -3.14. The smallest absolute Gasteiger partial charge is 0.267 e. The summed E-state index contributed by atoms with van der Waals surface area (Å²) in [5.41, 5.74) is 2.30. The molecule has 4 rings (SSSR count). The standard InChI is InChI=1S/C20H23N5O4S/c26-19-5-4-18(23-25(19)17-6-9-30(28,29)13-17)20(27)22-11-15-2-1-3-16(10-15)12-24-8-7-21-14-24/h1-3,7-8,10,14,17H,4-6,9,11-13H2,(H,22,27). The minimum atomic E-state index is -3.14. The van der Waals surface area contributed by atoms with Gasteiger partial charge in [-0.25, -0.2) is 18.4 Å². The van der Waals surface area contributed by atoms with Crippen LogP contribution in [-0.4, -0.2) is 58.1 Å². The van der Waals surface area contributed by atoms with Crippen molar-refractivity contribution in [3.8, 4) is 0 Å². The number of nitrogens with one attached hydrogen (secondary N) is 1. The van der Waals surface area contributed by atoms with Crippen LogP contribution in [0.25, 0.3) is 0 Å². The number of carbonyl (C=O) groups excluding carboxylic acids is 2. The molecule has 1 unspecified atom stereocenters. The van der Waals surface area contributed by atoms with Crippen molar-refractivity contribution >= 4 is 27.4 Å². The first-order valence-electron chi connectivity index (χ1n) is 9.81. The normalized spacial score (nSPS) is 20.8. The van der Waals surface area contributed by atoms with E-state index in [2.05, 4.69) is 15.4 Å². The molecule has 0 saturated carbocycles. The van der Waals surface area contributed by atoms with Crippen molar-refractivity contribution in [2.45, 2.75) is 38.4 Å². The van der Waals surface area contributed by atoms with Gasteiger partial charge < -0.3 is 9.88 Å². The molecule has 9 nitrogen and oxygen atoms in total. The van der Waals surface area contributed by atoms with E-state index in [0.29, 0.717) is 19.5 Å². The maximum Gasteiger partial charge on any atom is 0.267 e. The third-order valence-corrected chi connectivity index (χ3v) is 7.00. The van der Waals surface area contributed by atoms with Crippen LogP contribution in [0.1, 0.15) is 30.4 Å². The Labute approximate surface area is 174 Å². The predicted molar refractivity (Wildman–Crippen MR) is 110 cm³/mol. The number of aromatic nitrogens is 2. The zero-order valence-corrected chi connectivity index (χ0v) is 17.2. The SMILES string of the molecule is O=C(NCc1cccc(Cn2ccnc2)c1)C1=NN(C2CCS(=O)(=O)C2)C(=O)CC1. The van der Waals surface area contributed by atoms with Gasteiger partial charge in [-0.1, -0.05) is 24.3 Å². The van der Waals surface area contributed by atoms with Crippen molar-refractivity contribution in [2.24, 2.45) is 5.10 Å². The molecule has 1 saturated heterocycles. The van der Waals surface area contributed by atoms with Gasteiger partial charge in [-0.15, -0.1) is 0 Å². The lowest BCUT2D eigenvalue weighted by molar-refractivity contribution is -0.133. The zero-order chi connectivity index (χ0) is 21.1. The summed E-state index contributed by atoms with van der Waals surface area (Å²) in [6.45, 7) is 1.03. The average molecular weight is 430 g/mol. The second-order valence-corrected chi connectivity index (χ2v) is 9.81.